The largest absolute Gasteiger partial charge is 1.00 e. The second-order valence-electron chi connectivity index (χ2n) is 16.9. The van der Waals surface area contributed by atoms with Gasteiger partial charge in [-0.2, -0.15) is 0 Å². The van der Waals surface area contributed by atoms with Crippen LogP contribution in [0.3, 0.4) is 0 Å². The lowest BCUT2D eigenvalue weighted by molar-refractivity contribution is -0.670. The van der Waals surface area contributed by atoms with Gasteiger partial charge >= 0.3 is 17.8 Å². The molecule has 0 radical (unpaired) electrons. The molecule has 9 N–H and O–H groups in total. The number of H-pyrrole nitrogens is 3. The summed E-state index contributed by atoms with van der Waals surface area (Å²) in [6.07, 6.45) is 1.21. The number of pyridine rings is 3. The molecular weight excluding hydrogens is 1070 g/mol. The van der Waals surface area contributed by atoms with Gasteiger partial charge in [0.2, 0.25) is 0 Å². The van der Waals surface area contributed by atoms with E-state index >= 15 is 0 Å². The topological polar surface area (TPSA) is 290 Å². The Balaban J connectivity index is 0.000000394. The summed E-state index contributed by atoms with van der Waals surface area (Å²) >= 11 is 10.1. The van der Waals surface area contributed by atoms with E-state index in [-0.39, 0.29) is 33.2 Å². The third-order valence-electron chi connectivity index (χ3n) is 6.85. The van der Waals surface area contributed by atoms with E-state index in [0.717, 1.165) is 66.9 Å². The van der Waals surface area contributed by atoms with Crippen molar-refractivity contribution in [3.8, 4) is 0 Å². The van der Waals surface area contributed by atoms with Gasteiger partial charge in [0.1, 0.15) is 0 Å². The molecule has 0 atom stereocenters. The van der Waals surface area contributed by atoms with Crippen LogP contribution in [0.5, 0.6) is 0 Å². The van der Waals surface area contributed by atoms with Gasteiger partial charge in [-0.05, 0) is 100 Å². The predicted octanol–water partition coefficient (Wildman–Crippen LogP) is 2.05. The van der Waals surface area contributed by atoms with Crippen LogP contribution in [0.4, 0.5) is 17.8 Å². The van der Waals surface area contributed by atoms with Crippen molar-refractivity contribution in [2.24, 2.45) is 16.2 Å². The summed E-state index contributed by atoms with van der Waals surface area (Å²) in [5.41, 5.74) is 23.9. The maximum absolute atomic E-state index is 9.08. The molecule has 0 spiro atoms. The zero-order valence-corrected chi connectivity index (χ0v) is 42.8. The van der Waals surface area contributed by atoms with E-state index in [0.29, 0.717) is 30.4 Å². The molecule has 0 saturated heterocycles. The molecule has 0 aliphatic heterocycles. The lowest BCUT2D eigenvalue weighted by Gasteiger charge is -2.16. The van der Waals surface area contributed by atoms with Gasteiger partial charge in [-0.3, -0.25) is 15.0 Å². The molecule has 6 aromatic rings. The van der Waals surface area contributed by atoms with Crippen LogP contribution in [0.2, 0.25) is 0 Å². The number of anilines is 3. The number of nitrogens with zero attached hydrogens (tertiary/aromatic N) is 6. The van der Waals surface area contributed by atoms with Crippen molar-refractivity contribution in [2.45, 2.75) is 81.9 Å². The second kappa shape index (κ2) is 21.2. The lowest BCUT2D eigenvalue weighted by atomic mass is 9.97. The zero-order chi connectivity index (χ0) is 44.8. The number of nitrogen functional groups attached to an aromatic ring is 3. The van der Waals surface area contributed by atoms with Gasteiger partial charge in [0.25, 0.3) is 16.9 Å². The molecule has 18 nitrogen and oxygen atoms in total. The average molecular weight is 1120 g/mol. The SMILES string of the molecule is CC(C)(C)C[n+]1c(N)[nH]c2ccc(Br)nc21.CC(C)(C)C[n+]1c(N)[nH]c2ccc(Br)nc21.CC(C)(C)C[n+]1c(N)[nH]c2ccc(Br)nc21.CS(=O)(=O)[O-].CS(=O)(=O)[O-].[Br-]. The van der Waals surface area contributed by atoms with Crippen molar-refractivity contribution in [1.29, 1.82) is 0 Å². The molecule has 6 aromatic heterocycles. The number of nitrogens with one attached hydrogen (secondary N) is 3. The minimum atomic E-state index is -3.92. The quantitative estimate of drug-likeness (QED) is 0.0844. The number of nitrogens with two attached hydrogens (primary N) is 3. The Kier molecular flexibility index (Phi) is 19.4. The number of imidazole rings is 3. The van der Waals surface area contributed by atoms with E-state index in [2.05, 4.69) is 140 Å². The normalized spacial score (nSPS) is 11.9. The van der Waals surface area contributed by atoms with Crippen LogP contribution in [0, 0.1) is 16.2 Å². The third-order valence-corrected chi connectivity index (χ3v) is 8.17. The summed E-state index contributed by atoms with van der Waals surface area (Å²) in [6.45, 7) is 22.1. The second-order valence-corrected chi connectivity index (χ2v) is 22.1. The third kappa shape index (κ3) is 20.4. The first-order valence-corrected chi connectivity index (χ1v) is 23.4. The van der Waals surface area contributed by atoms with Gasteiger partial charge in [0.15, 0.2) is 30.4 Å². The summed E-state index contributed by atoms with van der Waals surface area (Å²) in [5.74, 6) is 1.95. The molecular formula is C35H54Br4N12O6S2. The molecule has 0 amide bonds. The van der Waals surface area contributed by atoms with E-state index in [4.69, 9.17) is 43.1 Å². The van der Waals surface area contributed by atoms with Crippen LogP contribution in [0.25, 0.3) is 33.5 Å². The molecule has 0 aliphatic rings. The van der Waals surface area contributed by atoms with Gasteiger partial charge in [-0.15, -0.1) is 15.0 Å². The minimum Gasteiger partial charge on any atom is -1.00 e. The van der Waals surface area contributed by atoms with E-state index in [1.54, 1.807) is 0 Å². The number of fused-ring (bicyclic) bond motifs is 3. The maximum Gasteiger partial charge on any atom is 0.312 e. The first-order valence-electron chi connectivity index (χ1n) is 17.4. The fourth-order valence-electron chi connectivity index (χ4n) is 5.05. The molecule has 0 fully saturated rings. The fourth-order valence-corrected chi connectivity index (χ4v) is 5.95. The van der Waals surface area contributed by atoms with Crippen LogP contribution >= 0.6 is 47.8 Å². The van der Waals surface area contributed by atoms with Crippen molar-refractivity contribution >= 4 is 119 Å². The molecule has 0 aromatic carbocycles. The summed E-state index contributed by atoms with van der Waals surface area (Å²) in [5, 5.41) is 0. The van der Waals surface area contributed by atoms with Gasteiger partial charge in [0.05, 0.1) is 39.9 Å². The Morgan fingerprint density at radius 3 is 0.881 bits per heavy atom. The van der Waals surface area contributed by atoms with Crippen molar-refractivity contribution in [1.82, 2.24) is 29.9 Å². The average Bonchev–Trinajstić information content (AvgIpc) is 3.59. The van der Waals surface area contributed by atoms with E-state index in [1.165, 1.54) is 0 Å². The summed E-state index contributed by atoms with van der Waals surface area (Å²) in [7, 11) is -7.83. The van der Waals surface area contributed by atoms with Crippen LogP contribution in [0.15, 0.2) is 50.2 Å². The number of aromatic nitrogens is 9. The lowest BCUT2D eigenvalue weighted by Crippen LogP contribution is -3.00. The Bertz CT molecular complexity index is 2280. The highest BCUT2D eigenvalue weighted by atomic mass is 79.9. The standard InChI is InChI=1S/3C11H15BrN4.2CH4O3S.BrH/c3*1-11(2,3)6-16-9-7(14-10(16)13)4-5-8(12)15-9;2*1-5(2,3)4;/h3*4-5H,6H2,1-3H3,(H2,13,14);2*1H3,(H,2,3,4);1H. The van der Waals surface area contributed by atoms with Crippen LogP contribution in [-0.2, 0) is 39.9 Å². The molecule has 330 valence electrons. The number of hydrogen-bond donors (Lipinski definition) is 6. The molecule has 6 heterocycles. The van der Waals surface area contributed by atoms with Crippen LogP contribution in [-0.4, -0.2) is 68.4 Å². The Labute approximate surface area is 381 Å². The number of rotatable bonds is 3. The Hall–Kier alpha value is -3.00. The highest BCUT2D eigenvalue weighted by molar-refractivity contribution is 9.11. The minimum absolute atomic E-state index is 0. The van der Waals surface area contributed by atoms with Gasteiger partial charge in [-0.25, -0.2) is 30.5 Å². The molecule has 0 bridgehead atoms. The first kappa shape index (κ1) is 54.0. The summed E-state index contributed by atoms with van der Waals surface area (Å²) < 4.78 is 63.0. The van der Waals surface area contributed by atoms with Crippen molar-refractivity contribution < 1.29 is 56.6 Å². The van der Waals surface area contributed by atoms with E-state index in [9.17, 15) is 0 Å². The smallest absolute Gasteiger partial charge is 0.312 e. The molecule has 0 unspecified atom stereocenters. The molecule has 59 heavy (non-hydrogen) atoms. The number of halogens is 4. The molecule has 24 heteroatoms. The maximum atomic E-state index is 9.08. The van der Waals surface area contributed by atoms with E-state index in [1.807, 2.05) is 50.1 Å². The van der Waals surface area contributed by atoms with Gasteiger partial charge in [-0.1, -0.05) is 62.3 Å². The Morgan fingerprint density at radius 1 is 0.525 bits per heavy atom. The van der Waals surface area contributed by atoms with Gasteiger partial charge in [0, 0.05) is 12.5 Å². The van der Waals surface area contributed by atoms with Crippen LogP contribution < -0.4 is 47.9 Å². The highest BCUT2D eigenvalue weighted by Crippen LogP contribution is 2.20. The van der Waals surface area contributed by atoms with Crippen molar-refractivity contribution in [2.75, 3.05) is 29.7 Å². The van der Waals surface area contributed by atoms with Crippen molar-refractivity contribution in [3.63, 3.8) is 0 Å². The molecule has 0 aliphatic carbocycles. The fraction of sp³-hybridized carbons (Fsp3) is 0.486. The van der Waals surface area contributed by atoms with Gasteiger partial charge < -0.3 is 43.3 Å². The summed E-state index contributed by atoms with van der Waals surface area (Å²) in [4.78, 5) is 22.7. The number of aromatic amines is 3. The number of hydrogen-bond acceptors (Lipinski definition) is 12. The molecule has 6 rings (SSSR count). The Morgan fingerprint density at radius 2 is 0.712 bits per heavy atom. The summed E-state index contributed by atoms with van der Waals surface area (Å²) in [6, 6.07) is 11.6. The zero-order valence-electron chi connectivity index (χ0n) is 34.8. The van der Waals surface area contributed by atoms with Crippen molar-refractivity contribution in [3.05, 3.63) is 50.2 Å². The highest BCUT2D eigenvalue weighted by Gasteiger charge is 2.24. The monoisotopic (exact) mass is 1120 g/mol. The van der Waals surface area contributed by atoms with Crippen LogP contribution in [0.1, 0.15) is 62.3 Å². The molecule has 0 saturated carbocycles. The van der Waals surface area contributed by atoms with E-state index < -0.39 is 20.2 Å². The predicted molar refractivity (Wildman–Crippen MR) is 235 cm³/mol. The first-order chi connectivity index (χ1) is 26.1.